The van der Waals surface area contributed by atoms with Gasteiger partial charge >= 0.3 is 0 Å². The topological polar surface area (TPSA) is 32.3 Å². The number of hydrogen-bond acceptors (Lipinski definition) is 2. The number of hydrogen-bond donors (Lipinski definition) is 2. The van der Waals surface area contributed by atoms with Crippen molar-refractivity contribution in [1.29, 1.82) is 0 Å². The van der Waals surface area contributed by atoms with Crippen LogP contribution in [0.2, 0.25) is 0 Å². The zero-order chi connectivity index (χ0) is 14.0. The highest BCUT2D eigenvalue weighted by atomic mass is 19.1. The summed E-state index contributed by atoms with van der Waals surface area (Å²) in [6.45, 7) is 7.59. The summed E-state index contributed by atoms with van der Waals surface area (Å²) in [5.74, 6) is -0.219. The third-order valence-corrected chi connectivity index (χ3v) is 2.89. The first kappa shape index (κ1) is 13.1. The number of anilines is 1. The fourth-order valence-corrected chi connectivity index (χ4v) is 1.84. The van der Waals surface area contributed by atoms with E-state index >= 15 is 0 Å². The summed E-state index contributed by atoms with van der Waals surface area (Å²) in [4.78, 5) is 0. The minimum atomic E-state index is -0.340. The highest BCUT2D eigenvalue weighted by Crippen LogP contribution is 2.27. The molecule has 2 rings (SSSR count). The third-order valence-electron chi connectivity index (χ3n) is 2.89. The molecule has 0 bridgehead atoms. The molecule has 2 aromatic rings. The molecule has 0 fully saturated rings. The second-order valence-corrected chi connectivity index (χ2v) is 4.61. The van der Waals surface area contributed by atoms with Gasteiger partial charge in [-0.05, 0) is 43.7 Å². The van der Waals surface area contributed by atoms with Crippen LogP contribution in [0.15, 0.2) is 43.0 Å². The summed E-state index contributed by atoms with van der Waals surface area (Å²) in [6, 6.07) is 10.1. The average Bonchev–Trinajstić information content (AvgIpc) is 2.35. The number of phenols is 1. The summed E-state index contributed by atoms with van der Waals surface area (Å²) in [5.41, 5.74) is 3.23. The number of aromatic hydroxyl groups is 1. The molecule has 2 nitrogen and oxygen atoms in total. The summed E-state index contributed by atoms with van der Waals surface area (Å²) in [6.07, 6.45) is 0. The summed E-state index contributed by atoms with van der Waals surface area (Å²) in [7, 11) is 0. The predicted molar refractivity (Wildman–Crippen MR) is 76.6 cm³/mol. The minimum absolute atomic E-state index is 0.121. The molecule has 0 aromatic heterocycles. The van der Waals surface area contributed by atoms with Crippen LogP contribution in [-0.2, 0) is 0 Å². The van der Waals surface area contributed by atoms with Crippen molar-refractivity contribution < 1.29 is 9.50 Å². The molecule has 0 heterocycles. The second kappa shape index (κ2) is 5.14. The molecule has 3 heteroatoms. The van der Waals surface area contributed by atoms with Gasteiger partial charge in [0, 0.05) is 11.3 Å². The predicted octanol–water partition coefficient (Wildman–Crippen LogP) is 4.23. The summed E-state index contributed by atoms with van der Waals surface area (Å²) < 4.78 is 13.7. The first-order chi connectivity index (χ1) is 8.97. The van der Waals surface area contributed by atoms with Gasteiger partial charge in [-0.25, -0.2) is 4.39 Å². The molecule has 19 heavy (non-hydrogen) atoms. The van der Waals surface area contributed by atoms with Gasteiger partial charge in [-0.3, -0.25) is 0 Å². The van der Waals surface area contributed by atoms with Gasteiger partial charge < -0.3 is 10.4 Å². The van der Waals surface area contributed by atoms with E-state index in [-0.39, 0.29) is 11.6 Å². The Morgan fingerprint density at radius 2 is 1.74 bits per heavy atom. The van der Waals surface area contributed by atoms with Gasteiger partial charge in [0.05, 0.1) is 5.69 Å². The normalized spacial score (nSPS) is 10.3. The number of phenolic OH excluding ortho intramolecular Hbond substituents is 1. The number of rotatable bonds is 3. The van der Waals surface area contributed by atoms with Crippen LogP contribution in [0.1, 0.15) is 16.7 Å². The van der Waals surface area contributed by atoms with Crippen LogP contribution in [0.25, 0.3) is 5.70 Å². The van der Waals surface area contributed by atoms with Gasteiger partial charge in [0.25, 0.3) is 0 Å². The van der Waals surface area contributed by atoms with E-state index in [1.165, 1.54) is 6.07 Å². The standard InChI is InChI=1S/C16H16FNO/c1-10-5-7-16(19)13(8-10)12(3)18-15-6-4-11(2)9-14(15)17/h4-9,18-19H,3H2,1-2H3. The number of halogens is 1. The molecule has 98 valence electrons. The van der Waals surface area contributed by atoms with Crippen LogP contribution in [0.3, 0.4) is 0 Å². The van der Waals surface area contributed by atoms with Gasteiger partial charge in [0.1, 0.15) is 11.6 Å². The van der Waals surface area contributed by atoms with Crippen molar-refractivity contribution in [1.82, 2.24) is 0 Å². The number of aryl methyl sites for hydroxylation is 2. The van der Waals surface area contributed by atoms with Gasteiger partial charge in [-0.2, -0.15) is 0 Å². The van der Waals surface area contributed by atoms with E-state index in [2.05, 4.69) is 11.9 Å². The molecule has 0 aliphatic carbocycles. The Kier molecular flexibility index (Phi) is 3.56. The van der Waals surface area contributed by atoms with E-state index in [1.807, 2.05) is 19.9 Å². The van der Waals surface area contributed by atoms with Gasteiger partial charge in [-0.15, -0.1) is 0 Å². The lowest BCUT2D eigenvalue weighted by Gasteiger charge is -2.13. The molecule has 2 N–H and O–H groups in total. The molecule has 0 unspecified atom stereocenters. The Bertz CT molecular complexity index is 635. The Labute approximate surface area is 112 Å². The zero-order valence-electron chi connectivity index (χ0n) is 11.0. The van der Waals surface area contributed by atoms with Crippen molar-refractivity contribution in [3.8, 4) is 5.75 Å². The van der Waals surface area contributed by atoms with Crippen molar-refractivity contribution in [2.75, 3.05) is 5.32 Å². The molecule has 0 amide bonds. The van der Waals surface area contributed by atoms with Crippen molar-refractivity contribution in [3.63, 3.8) is 0 Å². The Morgan fingerprint density at radius 3 is 2.42 bits per heavy atom. The molecule has 0 saturated heterocycles. The molecule has 0 atom stereocenters. The number of nitrogens with one attached hydrogen (secondary N) is 1. The van der Waals surface area contributed by atoms with E-state index in [0.29, 0.717) is 16.9 Å². The fourth-order valence-electron chi connectivity index (χ4n) is 1.84. The monoisotopic (exact) mass is 257 g/mol. The van der Waals surface area contributed by atoms with Crippen LogP contribution in [0.5, 0.6) is 5.75 Å². The van der Waals surface area contributed by atoms with Crippen LogP contribution in [0.4, 0.5) is 10.1 Å². The van der Waals surface area contributed by atoms with E-state index < -0.39 is 0 Å². The van der Waals surface area contributed by atoms with Crippen molar-refractivity contribution >= 4 is 11.4 Å². The molecule has 0 radical (unpaired) electrons. The quantitative estimate of drug-likeness (QED) is 0.862. The fraction of sp³-hybridized carbons (Fsp3) is 0.125. The van der Waals surface area contributed by atoms with Crippen molar-refractivity contribution in [2.45, 2.75) is 13.8 Å². The van der Waals surface area contributed by atoms with Crippen LogP contribution in [0, 0.1) is 19.7 Å². The Balaban J connectivity index is 2.28. The number of benzene rings is 2. The molecular formula is C16H16FNO. The zero-order valence-corrected chi connectivity index (χ0v) is 11.0. The van der Waals surface area contributed by atoms with Crippen LogP contribution >= 0.6 is 0 Å². The minimum Gasteiger partial charge on any atom is -0.507 e. The lowest BCUT2D eigenvalue weighted by atomic mass is 10.1. The lowest BCUT2D eigenvalue weighted by Crippen LogP contribution is -2.00. The molecular weight excluding hydrogens is 241 g/mol. The highest BCUT2D eigenvalue weighted by molar-refractivity contribution is 5.78. The highest BCUT2D eigenvalue weighted by Gasteiger charge is 2.08. The van der Waals surface area contributed by atoms with Gasteiger partial charge in [0.15, 0.2) is 0 Å². The van der Waals surface area contributed by atoms with Gasteiger partial charge in [-0.1, -0.05) is 24.3 Å². The van der Waals surface area contributed by atoms with E-state index in [4.69, 9.17) is 0 Å². The van der Waals surface area contributed by atoms with Crippen molar-refractivity contribution in [2.24, 2.45) is 0 Å². The van der Waals surface area contributed by atoms with Crippen LogP contribution in [-0.4, -0.2) is 5.11 Å². The summed E-state index contributed by atoms with van der Waals surface area (Å²) in [5, 5.41) is 12.7. The Morgan fingerprint density at radius 1 is 1.11 bits per heavy atom. The first-order valence-electron chi connectivity index (χ1n) is 5.99. The summed E-state index contributed by atoms with van der Waals surface area (Å²) >= 11 is 0. The molecule has 0 aliphatic rings. The third kappa shape index (κ3) is 2.94. The van der Waals surface area contributed by atoms with Crippen LogP contribution < -0.4 is 5.32 Å². The maximum absolute atomic E-state index is 13.7. The first-order valence-corrected chi connectivity index (χ1v) is 5.99. The van der Waals surface area contributed by atoms with E-state index in [1.54, 1.807) is 24.3 Å². The SMILES string of the molecule is C=C(Nc1ccc(C)cc1F)c1cc(C)ccc1O. The average molecular weight is 257 g/mol. The molecule has 2 aromatic carbocycles. The lowest BCUT2D eigenvalue weighted by molar-refractivity contribution is 0.473. The van der Waals surface area contributed by atoms with Gasteiger partial charge in [0.2, 0.25) is 0 Å². The molecule has 0 saturated carbocycles. The largest absolute Gasteiger partial charge is 0.507 e. The maximum Gasteiger partial charge on any atom is 0.146 e. The second-order valence-electron chi connectivity index (χ2n) is 4.61. The Hall–Kier alpha value is -2.29. The van der Waals surface area contributed by atoms with E-state index in [9.17, 15) is 9.50 Å². The molecule has 0 aliphatic heterocycles. The molecule has 0 spiro atoms. The van der Waals surface area contributed by atoms with Crippen molar-refractivity contribution in [3.05, 3.63) is 65.5 Å². The smallest absolute Gasteiger partial charge is 0.146 e. The van der Waals surface area contributed by atoms with E-state index in [0.717, 1.165) is 11.1 Å². The maximum atomic E-state index is 13.7.